The Hall–Kier alpha value is -3.23. The smallest absolute Gasteiger partial charge is 0.339 e. The second kappa shape index (κ2) is 6.74. The van der Waals surface area contributed by atoms with E-state index in [0.29, 0.717) is 23.4 Å². The fourth-order valence-corrected chi connectivity index (χ4v) is 3.15. The normalized spacial score (nSPS) is 15.0. The van der Waals surface area contributed by atoms with Gasteiger partial charge in [0.1, 0.15) is 6.42 Å². The highest BCUT2D eigenvalue weighted by molar-refractivity contribution is 5.99. The molecule has 0 aliphatic carbocycles. The number of alkyl halides is 3. The van der Waals surface area contributed by atoms with Gasteiger partial charge in [-0.05, 0) is 18.6 Å². The Bertz CT molecular complexity index is 1020. The number of rotatable bonds is 4. The predicted molar refractivity (Wildman–Crippen MR) is 92.0 cm³/mol. The second-order valence-corrected chi connectivity index (χ2v) is 6.54. The highest BCUT2D eigenvalue weighted by Gasteiger charge is 2.34. The van der Waals surface area contributed by atoms with Crippen molar-refractivity contribution < 1.29 is 22.5 Å². The van der Waals surface area contributed by atoms with Crippen molar-refractivity contribution in [1.29, 1.82) is 0 Å². The molecule has 3 heterocycles. The molecule has 0 spiro atoms. The van der Waals surface area contributed by atoms with Crippen molar-refractivity contribution in [2.75, 3.05) is 0 Å². The van der Waals surface area contributed by atoms with Crippen molar-refractivity contribution in [2.45, 2.75) is 32.1 Å². The van der Waals surface area contributed by atoms with Crippen LogP contribution in [0.4, 0.5) is 13.2 Å². The molecule has 0 radical (unpaired) electrons. The molecule has 1 aromatic carbocycles. The molecule has 6 nitrogen and oxygen atoms in total. The van der Waals surface area contributed by atoms with Crippen LogP contribution in [0, 0.1) is 0 Å². The quantitative estimate of drug-likeness (QED) is 0.677. The number of pyridine rings is 1. The number of fused-ring (bicyclic) bond motifs is 1. The summed E-state index contributed by atoms with van der Waals surface area (Å²) in [4.78, 5) is 22.6. The fraction of sp³-hybridized carbons (Fsp3) is 0.263. The summed E-state index contributed by atoms with van der Waals surface area (Å²) in [6, 6.07) is 11.0. The van der Waals surface area contributed by atoms with E-state index in [1.165, 1.54) is 6.20 Å². The first-order valence-electron chi connectivity index (χ1n) is 8.56. The lowest BCUT2D eigenvalue weighted by molar-refractivity contribution is -0.131. The molecule has 0 unspecified atom stereocenters. The van der Waals surface area contributed by atoms with E-state index in [1.807, 2.05) is 37.3 Å². The van der Waals surface area contributed by atoms with E-state index in [1.54, 1.807) is 11.0 Å². The molecule has 144 valence electrons. The average molecular weight is 388 g/mol. The van der Waals surface area contributed by atoms with E-state index >= 15 is 0 Å². The van der Waals surface area contributed by atoms with Crippen molar-refractivity contribution in [1.82, 2.24) is 20.0 Å². The lowest BCUT2D eigenvalue weighted by Gasteiger charge is -2.24. The Balaban J connectivity index is 1.58. The van der Waals surface area contributed by atoms with E-state index in [-0.39, 0.29) is 17.8 Å². The van der Waals surface area contributed by atoms with Gasteiger partial charge in [-0.15, -0.1) is 0 Å². The predicted octanol–water partition coefficient (Wildman–Crippen LogP) is 3.95. The molecule has 1 atom stereocenters. The molecule has 0 N–H and O–H groups in total. The van der Waals surface area contributed by atoms with E-state index in [0.717, 1.165) is 5.56 Å². The van der Waals surface area contributed by atoms with Crippen LogP contribution in [0.25, 0.3) is 11.4 Å². The number of hydrogen-bond donors (Lipinski definition) is 0. The molecule has 9 heteroatoms. The van der Waals surface area contributed by atoms with Gasteiger partial charge < -0.3 is 9.42 Å². The van der Waals surface area contributed by atoms with Gasteiger partial charge in [0.05, 0.1) is 23.8 Å². The first-order chi connectivity index (χ1) is 13.3. The average Bonchev–Trinajstić information content (AvgIpc) is 3.25. The van der Waals surface area contributed by atoms with Gasteiger partial charge >= 0.3 is 6.18 Å². The summed E-state index contributed by atoms with van der Waals surface area (Å²) in [5.41, 5.74) is 2.33. The van der Waals surface area contributed by atoms with Gasteiger partial charge in [0.15, 0.2) is 0 Å². The molecule has 4 rings (SSSR count). The van der Waals surface area contributed by atoms with Crippen LogP contribution in [0.3, 0.4) is 0 Å². The molecule has 1 aliphatic heterocycles. The van der Waals surface area contributed by atoms with E-state index < -0.39 is 18.5 Å². The number of carbonyl (C=O) groups is 1. The Morgan fingerprint density at radius 2 is 2.00 bits per heavy atom. The maximum atomic E-state index is 12.9. The van der Waals surface area contributed by atoms with Crippen LogP contribution in [0.5, 0.6) is 0 Å². The van der Waals surface area contributed by atoms with Gasteiger partial charge in [-0.2, -0.15) is 18.2 Å². The second-order valence-electron chi connectivity index (χ2n) is 6.54. The molecule has 0 saturated carbocycles. The van der Waals surface area contributed by atoms with Gasteiger partial charge in [0.2, 0.25) is 11.7 Å². The van der Waals surface area contributed by atoms with Crippen LogP contribution in [-0.4, -0.2) is 32.1 Å². The van der Waals surface area contributed by atoms with Gasteiger partial charge in [-0.1, -0.05) is 35.5 Å². The molecule has 0 saturated heterocycles. The molecule has 0 fully saturated rings. The summed E-state index contributed by atoms with van der Waals surface area (Å²) in [5, 5.41) is 3.57. The van der Waals surface area contributed by atoms with Crippen molar-refractivity contribution in [3.05, 3.63) is 65.3 Å². The van der Waals surface area contributed by atoms with Gasteiger partial charge in [-0.25, -0.2) is 0 Å². The number of hydrogen-bond acceptors (Lipinski definition) is 5. The van der Waals surface area contributed by atoms with Crippen LogP contribution >= 0.6 is 0 Å². The maximum absolute atomic E-state index is 12.9. The number of benzene rings is 1. The third kappa shape index (κ3) is 3.47. The third-order valence-electron chi connectivity index (χ3n) is 4.61. The highest BCUT2D eigenvalue weighted by atomic mass is 19.4. The lowest BCUT2D eigenvalue weighted by Crippen LogP contribution is -2.27. The van der Waals surface area contributed by atoms with Crippen LogP contribution in [-0.2, 0) is 13.0 Å². The standard InChI is InChI=1S/C19H15F3N4O2/c1-11(12-5-3-2-4-6-12)26-10-15-14(18(26)27)7-13(9-23-15)17-24-16(28-25-17)8-19(20,21)22/h2-7,9,11H,8,10H2,1H3/t11-/m0/s1. The largest absolute Gasteiger partial charge is 0.397 e. The topological polar surface area (TPSA) is 72.1 Å². The van der Waals surface area contributed by atoms with E-state index in [2.05, 4.69) is 19.6 Å². The minimum Gasteiger partial charge on any atom is -0.339 e. The van der Waals surface area contributed by atoms with Crippen LogP contribution < -0.4 is 0 Å². The van der Waals surface area contributed by atoms with Crippen molar-refractivity contribution in [3.8, 4) is 11.4 Å². The zero-order chi connectivity index (χ0) is 19.9. The number of amides is 1. The molecule has 3 aromatic rings. The Morgan fingerprint density at radius 1 is 1.25 bits per heavy atom. The van der Waals surface area contributed by atoms with Gasteiger partial charge in [-0.3, -0.25) is 9.78 Å². The molecule has 2 aromatic heterocycles. The first-order valence-corrected chi connectivity index (χ1v) is 8.56. The Labute approximate surface area is 158 Å². The zero-order valence-electron chi connectivity index (χ0n) is 14.8. The summed E-state index contributed by atoms with van der Waals surface area (Å²) in [6.07, 6.45) is -4.31. The summed E-state index contributed by atoms with van der Waals surface area (Å²) < 4.78 is 42.0. The highest BCUT2D eigenvalue weighted by Crippen LogP contribution is 2.32. The Morgan fingerprint density at radius 3 is 2.71 bits per heavy atom. The number of carbonyl (C=O) groups excluding carboxylic acids is 1. The maximum Gasteiger partial charge on any atom is 0.397 e. The molecule has 0 bridgehead atoms. The van der Waals surface area contributed by atoms with Crippen molar-refractivity contribution >= 4 is 5.91 Å². The summed E-state index contributed by atoms with van der Waals surface area (Å²) in [5.74, 6) is -0.759. The lowest BCUT2D eigenvalue weighted by atomic mass is 10.1. The number of nitrogens with zero attached hydrogens (tertiary/aromatic N) is 4. The molecule has 28 heavy (non-hydrogen) atoms. The first kappa shape index (κ1) is 18.1. The zero-order valence-corrected chi connectivity index (χ0v) is 14.8. The van der Waals surface area contributed by atoms with Crippen molar-refractivity contribution in [2.24, 2.45) is 0 Å². The van der Waals surface area contributed by atoms with Crippen molar-refractivity contribution in [3.63, 3.8) is 0 Å². The molecular weight excluding hydrogens is 373 g/mol. The van der Waals surface area contributed by atoms with E-state index in [9.17, 15) is 18.0 Å². The van der Waals surface area contributed by atoms with Crippen LogP contribution in [0.2, 0.25) is 0 Å². The third-order valence-corrected chi connectivity index (χ3v) is 4.61. The summed E-state index contributed by atoms with van der Waals surface area (Å²) in [7, 11) is 0. The summed E-state index contributed by atoms with van der Waals surface area (Å²) >= 11 is 0. The Kier molecular flexibility index (Phi) is 4.37. The minimum absolute atomic E-state index is 0.0306. The molecular formula is C19H15F3N4O2. The molecule has 1 aliphatic rings. The summed E-state index contributed by atoms with van der Waals surface area (Å²) in [6.45, 7) is 2.29. The minimum atomic E-state index is -4.44. The monoisotopic (exact) mass is 388 g/mol. The fourth-order valence-electron chi connectivity index (χ4n) is 3.15. The number of halogens is 3. The van der Waals surface area contributed by atoms with Crippen LogP contribution in [0.1, 0.15) is 40.5 Å². The molecule has 1 amide bonds. The van der Waals surface area contributed by atoms with Crippen LogP contribution in [0.15, 0.2) is 47.1 Å². The SMILES string of the molecule is C[C@@H](c1ccccc1)N1Cc2ncc(-c3noc(CC(F)(F)F)n3)cc2C1=O. The van der Waals surface area contributed by atoms with Gasteiger partial charge in [0.25, 0.3) is 5.91 Å². The number of aromatic nitrogens is 3. The van der Waals surface area contributed by atoms with Gasteiger partial charge in [0, 0.05) is 11.8 Å². The van der Waals surface area contributed by atoms with E-state index in [4.69, 9.17) is 0 Å².